The number of nitriles is 1. The van der Waals surface area contributed by atoms with Gasteiger partial charge >= 0.3 is 0 Å². The molecule has 1 aromatic heterocycles. The second-order valence-electron chi connectivity index (χ2n) is 6.14. The van der Waals surface area contributed by atoms with Gasteiger partial charge in [-0.1, -0.05) is 30.3 Å². The molecule has 3 nitrogen and oxygen atoms in total. The maximum atomic E-state index is 9.28. The molecule has 0 bridgehead atoms. The maximum absolute atomic E-state index is 9.28. The fraction of sp³-hybridized carbons (Fsp3) is 0.250. The minimum Gasteiger partial charge on any atom is -0.368 e. The quantitative estimate of drug-likeness (QED) is 0.723. The molecule has 1 aliphatic rings. The second kappa shape index (κ2) is 6.64. The highest BCUT2D eigenvalue weighted by Crippen LogP contribution is 2.27. The molecule has 120 valence electrons. The molecule has 1 aliphatic heterocycles. The third kappa shape index (κ3) is 3.01. The molecule has 4 rings (SSSR count). The van der Waals surface area contributed by atoms with Crippen LogP contribution in [0.5, 0.6) is 0 Å². The number of thiophene rings is 1. The zero-order valence-electron chi connectivity index (χ0n) is 13.5. The summed E-state index contributed by atoms with van der Waals surface area (Å²) in [7, 11) is 0. The third-order valence-electron chi connectivity index (χ3n) is 4.59. The van der Waals surface area contributed by atoms with Gasteiger partial charge in [-0.15, -0.1) is 11.3 Å². The summed E-state index contributed by atoms with van der Waals surface area (Å²) in [5.74, 6) is 0. The van der Waals surface area contributed by atoms with Gasteiger partial charge in [-0.05, 0) is 29.7 Å². The van der Waals surface area contributed by atoms with Crippen LogP contribution in [-0.4, -0.2) is 31.1 Å². The molecular weight excluding hydrogens is 314 g/mol. The minimum absolute atomic E-state index is 0.774. The van der Waals surface area contributed by atoms with E-state index in [-0.39, 0.29) is 0 Å². The van der Waals surface area contributed by atoms with E-state index in [2.05, 4.69) is 52.3 Å². The summed E-state index contributed by atoms with van der Waals surface area (Å²) in [5.41, 5.74) is 1.84. The van der Waals surface area contributed by atoms with Gasteiger partial charge in [0.15, 0.2) is 0 Å². The Labute approximate surface area is 146 Å². The Morgan fingerprint density at radius 3 is 2.50 bits per heavy atom. The van der Waals surface area contributed by atoms with Crippen LogP contribution in [0, 0.1) is 11.3 Å². The monoisotopic (exact) mass is 333 g/mol. The van der Waals surface area contributed by atoms with E-state index in [1.54, 1.807) is 0 Å². The van der Waals surface area contributed by atoms with Gasteiger partial charge in [0.1, 0.15) is 6.07 Å². The Balaban J connectivity index is 1.42. The minimum atomic E-state index is 0.774. The second-order valence-corrected chi connectivity index (χ2v) is 7.31. The first kappa shape index (κ1) is 15.2. The van der Waals surface area contributed by atoms with Crippen molar-refractivity contribution in [2.45, 2.75) is 6.54 Å². The molecule has 2 aromatic carbocycles. The number of para-hydroxylation sites is 1. The van der Waals surface area contributed by atoms with Crippen molar-refractivity contribution in [2.24, 2.45) is 0 Å². The molecule has 0 atom stereocenters. The van der Waals surface area contributed by atoms with Crippen molar-refractivity contribution >= 4 is 27.1 Å². The summed E-state index contributed by atoms with van der Waals surface area (Å²) in [6.45, 7) is 5.04. The summed E-state index contributed by atoms with van der Waals surface area (Å²) < 4.78 is 1.37. The molecular formula is C20H19N3S. The molecule has 0 radical (unpaired) electrons. The maximum Gasteiger partial charge on any atom is 0.101 e. The average molecular weight is 333 g/mol. The van der Waals surface area contributed by atoms with Crippen LogP contribution in [-0.2, 0) is 6.54 Å². The van der Waals surface area contributed by atoms with E-state index >= 15 is 0 Å². The number of anilines is 1. The molecule has 24 heavy (non-hydrogen) atoms. The Bertz CT molecular complexity index is 852. The van der Waals surface area contributed by atoms with Gasteiger partial charge in [0.2, 0.25) is 0 Å². The van der Waals surface area contributed by atoms with Crippen LogP contribution in [0.2, 0.25) is 0 Å². The Kier molecular flexibility index (Phi) is 4.20. The lowest BCUT2D eigenvalue weighted by molar-refractivity contribution is 0.252. The molecule has 0 spiro atoms. The molecule has 0 saturated carbocycles. The highest BCUT2D eigenvalue weighted by molar-refractivity contribution is 7.19. The van der Waals surface area contributed by atoms with E-state index in [1.807, 2.05) is 29.5 Å². The predicted octanol–water partition coefficient (Wildman–Crippen LogP) is 4.10. The van der Waals surface area contributed by atoms with Crippen molar-refractivity contribution in [3.8, 4) is 6.07 Å². The molecule has 0 amide bonds. The standard InChI is InChI=1S/C20H19N3S/c21-14-17-6-1-3-7-19(17)23-11-9-22(10-12-23)15-18-13-16-5-2-4-8-20(16)24-18/h1-8,13H,9-12,15H2. The Morgan fingerprint density at radius 2 is 1.71 bits per heavy atom. The first-order valence-corrected chi connectivity index (χ1v) is 9.09. The van der Waals surface area contributed by atoms with Crippen molar-refractivity contribution in [2.75, 3.05) is 31.1 Å². The fourth-order valence-electron chi connectivity index (χ4n) is 3.33. The number of fused-ring (bicyclic) bond motifs is 1. The Hall–Kier alpha value is -2.35. The number of benzene rings is 2. The molecule has 0 N–H and O–H groups in total. The van der Waals surface area contributed by atoms with Crippen LogP contribution in [0.1, 0.15) is 10.4 Å². The first-order chi connectivity index (χ1) is 11.8. The average Bonchev–Trinajstić information content (AvgIpc) is 3.04. The van der Waals surface area contributed by atoms with Crippen molar-refractivity contribution in [1.29, 1.82) is 5.26 Å². The van der Waals surface area contributed by atoms with Crippen molar-refractivity contribution in [3.05, 3.63) is 65.0 Å². The van der Waals surface area contributed by atoms with E-state index in [0.717, 1.165) is 44.0 Å². The largest absolute Gasteiger partial charge is 0.368 e. The zero-order valence-corrected chi connectivity index (χ0v) is 14.3. The van der Waals surface area contributed by atoms with Crippen molar-refractivity contribution < 1.29 is 0 Å². The van der Waals surface area contributed by atoms with Gasteiger partial charge in [0, 0.05) is 42.3 Å². The molecule has 1 saturated heterocycles. The molecule has 3 aromatic rings. The lowest BCUT2D eigenvalue weighted by Crippen LogP contribution is -2.46. The first-order valence-electron chi connectivity index (χ1n) is 8.27. The normalized spacial score (nSPS) is 15.5. The molecule has 0 unspecified atom stereocenters. The van der Waals surface area contributed by atoms with Crippen LogP contribution in [0.4, 0.5) is 5.69 Å². The van der Waals surface area contributed by atoms with Gasteiger partial charge in [-0.2, -0.15) is 5.26 Å². The highest BCUT2D eigenvalue weighted by atomic mass is 32.1. The van der Waals surface area contributed by atoms with Crippen LogP contribution in [0.15, 0.2) is 54.6 Å². The van der Waals surface area contributed by atoms with Crippen LogP contribution in [0.25, 0.3) is 10.1 Å². The van der Waals surface area contributed by atoms with E-state index in [4.69, 9.17) is 0 Å². The topological polar surface area (TPSA) is 30.3 Å². The smallest absolute Gasteiger partial charge is 0.101 e. The number of hydrogen-bond acceptors (Lipinski definition) is 4. The molecule has 1 fully saturated rings. The summed E-state index contributed by atoms with van der Waals surface area (Å²) >= 11 is 1.90. The van der Waals surface area contributed by atoms with Crippen molar-refractivity contribution in [1.82, 2.24) is 4.90 Å². The number of piperazine rings is 1. The SMILES string of the molecule is N#Cc1ccccc1N1CCN(Cc2cc3ccccc3s2)CC1. The summed E-state index contributed by atoms with van der Waals surface area (Å²) in [6.07, 6.45) is 0. The summed E-state index contributed by atoms with van der Waals surface area (Å²) in [6, 6.07) is 21.1. The fourth-order valence-corrected chi connectivity index (χ4v) is 4.43. The summed E-state index contributed by atoms with van der Waals surface area (Å²) in [5, 5.41) is 10.6. The van der Waals surface area contributed by atoms with Gasteiger partial charge in [-0.25, -0.2) is 0 Å². The number of hydrogen-bond donors (Lipinski definition) is 0. The zero-order chi connectivity index (χ0) is 16.4. The highest BCUT2D eigenvalue weighted by Gasteiger charge is 2.19. The molecule has 4 heteroatoms. The van der Waals surface area contributed by atoms with Crippen LogP contribution in [0.3, 0.4) is 0 Å². The number of rotatable bonds is 3. The Morgan fingerprint density at radius 1 is 0.958 bits per heavy atom. The van der Waals surface area contributed by atoms with E-state index in [0.29, 0.717) is 0 Å². The van der Waals surface area contributed by atoms with E-state index in [1.165, 1.54) is 15.0 Å². The van der Waals surface area contributed by atoms with E-state index in [9.17, 15) is 5.26 Å². The summed E-state index contributed by atoms with van der Waals surface area (Å²) in [4.78, 5) is 6.28. The third-order valence-corrected chi connectivity index (χ3v) is 5.69. The van der Waals surface area contributed by atoms with Gasteiger partial charge < -0.3 is 4.90 Å². The lowest BCUT2D eigenvalue weighted by Gasteiger charge is -2.36. The van der Waals surface area contributed by atoms with Gasteiger partial charge in [0.25, 0.3) is 0 Å². The van der Waals surface area contributed by atoms with Crippen molar-refractivity contribution in [3.63, 3.8) is 0 Å². The van der Waals surface area contributed by atoms with E-state index < -0.39 is 0 Å². The van der Waals surface area contributed by atoms with Crippen LogP contribution >= 0.6 is 11.3 Å². The van der Waals surface area contributed by atoms with Crippen LogP contribution < -0.4 is 4.90 Å². The lowest BCUT2D eigenvalue weighted by atomic mass is 10.1. The predicted molar refractivity (Wildman–Crippen MR) is 100 cm³/mol. The molecule has 0 aliphatic carbocycles. The van der Waals surface area contributed by atoms with Gasteiger partial charge in [-0.3, -0.25) is 4.90 Å². The van der Waals surface area contributed by atoms with Gasteiger partial charge in [0.05, 0.1) is 11.3 Å². The number of nitrogens with zero attached hydrogens (tertiary/aromatic N) is 3. The molecule has 2 heterocycles.